The van der Waals surface area contributed by atoms with E-state index in [4.69, 9.17) is 4.74 Å². The Morgan fingerprint density at radius 1 is 1.48 bits per heavy atom. The van der Waals surface area contributed by atoms with Crippen molar-refractivity contribution in [3.63, 3.8) is 0 Å². The Bertz CT molecular complexity index is 525. The highest BCUT2D eigenvalue weighted by Crippen LogP contribution is 2.22. The van der Waals surface area contributed by atoms with Crippen LogP contribution in [-0.4, -0.2) is 65.5 Å². The number of hydrogen-bond acceptors (Lipinski definition) is 5. The monoisotopic (exact) mass is 326 g/mol. The molecule has 0 unspecified atom stereocenters. The van der Waals surface area contributed by atoms with Crippen LogP contribution in [0.3, 0.4) is 0 Å². The van der Waals surface area contributed by atoms with Crippen molar-refractivity contribution in [1.29, 1.82) is 0 Å². The van der Waals surface area contributed by atoms with E-state index in [1.807, 2.05) is 4.90 Å². The number of aliphatic hydroxyl groups is 2. The van der Waals surface area contributed by atoms with Gasteiger partial charge in [-0.2, -0.15) is 0 Å². The fourth-order valence-electron chi connectivity index (χ4n) is 2.53. The molecule has 1 aliphatic heterocycles. The number of amides is 1. The van der Waals surface area contributed by atoms with Gasteiger partial charge in [-0.05, 0) is 30.7 Å². The van der Waals surface area contributed by atoms with Gasteiger partial charge in [0.2, 0.25) is 5.91 Å². The van der Waals surface area contributed by atoms with Gasteiger partial charge < -0.3 is 20.3 Å². The zero-order valence-electron chi connectivity index (χ0n) is 13.2. The van der Waals surface area contributed by atoms with Crippen LogP contribution in [-0.2, 0) is 4.79 Å². The smallest absolute Gasteiger partial charge is 0.216 e. The van der Waals surface area contributed by atoms with E-state index in [0.717, 1.165) is 0 Å². The van der Waals surface area contributed by atoms with E-state index in [1.54, 1.807) is 12.1 Å². The van der Waals surface area contributed by atoms with Gasteiger partial charge in [0.25, 0.3) is 0 Å². The number of benzene rings is 1. The van der Waals surface area contributed by atoms with Crippen LogP contribution < -0.4 is 10.1 Å². The molecule has 3 N–H and O–H groups in total. The summed E-state index contributed by atoms with van der Waals surface area (Å²) < 4.78 is 18.3. The van der Waals surface area contributed by atoms with Gasteiger partial charge in [-0.1, -0.05) is 0 Å². The standard InChI is InChI=1S/C16H23FN2O4/c1-12(20)18-11-16(22)6-7-19(10-15(16)21)8-9-23-14-4-2-13(17)3-5-14/h2-5,15,21-22H,6-11H2,1H3,(H,18,20)/t15-,16-/m1/s1. The predicted octanol–water partition coefficient (Wildman–Crippen LogP) is 0.138. The van der Waals surface area contributed by atoms with Crippen LogP contribution >= 0.6 is 0 Å². The molecule has 23 heavy (non-hydrogen) atoms. The summed E-state index contributed by atoms with van der Waals surface area (Å²) in [4.78, 5) is 12.9. The topological polar surface area (TPSA) is 82.0 Å². The number of hydrogen-bond donors (Lipinski definition) is 3. The fourth-order valence-corrected chi connectivity index (χ4v) is 2.53. The van der Waals surface area contributed by atoms with Crippen molar-refractivity contribution in [1.82, 2.24) is 10.2 Å². The molecule has 2 rings (SSSR count). The fraction of sp³-hybridized carbons (Fsp3) is 0.562. The molecule has 0 spiro atoms. The zero-order valence-corrected chi connectivity index (χ0v) is 13.2. The molecule has 1 aliphatic rings. The van der Waals surface area contributed by atoms with Crippen LogP contribution in [0.1, 0.15) is 13.3 Å². The van der Waals surface area contributed by atoms with Crippen molar-refractivity contribution in [2.45, 2.75) is 25.0 Å². The van der Waals surface area contributed by atoms with Gasteiger partial charge in [0.1, 0.15) is 23.8 Å². The quantitative estimate of drug-likeness (QED) is 0.693. The van der Waals surface area contributed by atoms with E-state index >= 15 is 0 Å². The molecule has 0 bridgehead atoms. The van der Waals surface area contributed by atoms with Crippen LogP contribution in [0.2, 0.25) is 0 Å². The molecular formula is C16H23FN2O4. The third kappa shape index (κ3) is 5.16. The molecular weight excluding hydrogens is 303 g/mol. The molecule has 0 aromatic heterocycles. The van der Waals surface area contributed by atoms with Gasteiger partial charge in [0.15, 0.2) is 0 Å². The maximum absolute atomic E-state index is 12.8. The first kappa shape index (κ1) is 17.7. The molecule has 1 aromatic carbocycles. The Morgan fingerprint density at radius 2 is 2.17 bits per heavy atom. The third-order valence-corrected chi connectivity index (χ3v) is 4.05. The van der Waals surface area contributed by atoms with Gasteiger partial charge >= 0.3 is 0 Å². The Labute approximate surface area is 134 Å². The number of nitrogens with zero attached hydrogens (tertiary/aromatic N) is 1. The average Bonchev–Trinajstić information content (AvgIpc) is 2.51. The second-order valence-corrected chi connectivity index (χ2v) is 5.88. The number of rotatable bonds is 6. The van der Waals surface area contributed by atoms with Crippen molar-refractivity contribution in [3.8, 4) is 5.75 Å². The highest BCUT2D eigenvalue weighted by molar-refractivity contribution is 5.72. The summed E-state index contributed by atoms with van der Waals surface area (Å²) in [6.07, 6.45) is -0.570. The highest BCUT2D eigenvalue weighted by atomic mass is 19.1. The molecule has 1 saturated heterocycles. The number of β-amino-alcohol motifs (C(OH)–C–C–N with tert-alkyl or cyclic N) is 1. The lowest BCUT2D eigenvalue weighted by Crippen LogP contribution is -2.60. The maximum atomic E-state index is 12.8. The van der Waals surface area contributed by atoms with E-state index in [2.05, 4.69) is 5.32 Å². The molecule has 0 saturated carbocycles. The number of ether oxygens (including phenoxy) is 1. The van der Waals surface area contributed by atoms with Crippen LogP contribution in [0.5, 0.6) is 5.75 Å². The summed E-state index contributed by atoms with van der Waals surface area (Å²) in [6.45, 7) is 3.32. The summed E-state index contributed by atoms with van der Waals surface area (Å²) in [6, 6.07) is 5.79. The van der Waals surface area contributed by atoms with Gasteiger partial charge in [0.05, 0.1) is 6.10 Å². The number of carbonyl (C=O) groups excluding carboxylic acids is 1. The van der Waals surface area contributed by atoms with Gasteiger partial charge in [-0.15, -0.1) is 0 Å². The van der Waals surface area contributed by atoms with Crippen LogP contribution in [0.15, 0.2) is 24.3 Å². The van der Waals surface area contributed by atoms with E-state index in [-0.39, 0.29) is 18.3 Å². The SMILES string of the molecule is CC(=O)NC[C@]1(O)CCN(CCOc2ccc(F)cc2)C[C@H]1O. The lowest BCUT2D eigenvalue weighted by atomic mass is 9.88. The van der Waals surface area contributed by atoms with Crippen LogP contribution in [0.4, 0.5) is 4.39 Å². The molecule has 0 radical (unpaired) electrons. The summed E-state index contributed by atoms with van der Waals surface area (Å²) in [5.41, 5.74) is -1.29. The van der Waals surface area contributed by atoms with Crippen LogP contribution in [0, 0.1) is 5.82 Å². The zero-order chi connectivity index (χ0) is 16.9. The van der Waals surface area contributed by atoms with E-state index in [1.165, 1.54) is 19.1 Å². The van der Waals surface area contributed by atoms with E-state index < -0.39 is 11.7 Å². The van der Waals surface area contributed by atoms with E-state index in [0.29, 0.717) is 38.4 Å². The summed E-state index contributed by atoms with van der Waals surface area (Å²) in [5.74, 6) is 0.0434. The Hall–Kier alpha value is -1.70. The Morgan fingerprint density at radius 3 is 2.78 bits per heavy atom. The number of likely N-dealkylation sites (tertiary alicyclic amines) is 1. The first-order valence-corrected chi connectivity index (χ1v) is 7.65. The van der Waals surface area contributed by atoms with Crippen LogP contribution in [0.25, 0.3) is 0 Å². The number of nitrogens with one attached hydrogen (secondary N) is 1. The molecule has 1 heterocycles. The second kappa shape index (κ2) is 7.72. The molecule has 1 aromatic rings. The number of carbonyl (C=O) groups is 1. The van der Waals surface area contributed by atoms with Crippen molar-refractivity contribution < 1.29 is 24.1 Å². The minimum absolute atomic E-state index is 0.0451. The molecule has 7 heteroatoms. The van der Waals surface area contributed by atoms with Gasteiger partial charge in [0, 0.05) is 33.1 Å². The first-order valence-electron chi connectivity index (χ1n) is 7.65. The van der Waals surface area contributed by atoms with Gasteiger partial charge in [-0.3, -0.25) is 9.69 Å². The molecule has 1 amide bonds. The van der Waals surface area contributed by atoms with E-state index in [9.17, 15) is 19.4 Å². The lowest BCUT2D eigenvalue weighted by molar-refractivity contribution is -0.130. The van der Waals surface area contributed by atoms with Gasteiger partial charge in [-0.25, -0.2) is 4.39 Å². The lowest BCUT2D eigenvalue weighted by Gasteiger charge is -2.42. The Kier molecular flexibility index (Phi) is 5.92. The second-order valence-electron chi connectivity index (χ2n) is 5.88. The third-order valence-electron chi connectivity index (χ3n) is 4.05. The summed E-state index contributed by atoms with van der Waals surface area (Å²) in [7, 11) is 0. The van der Waals surface area contributed by atoms with Crippen molar-refractivity contribution >= 4 is 5.91 Å². The summed E-state index contributed by atoms with van der Waals surface area (Å²) in [5, 5.41) is 23.1. The molecule has 0 aliphatic carbocycles. The predicted molar refractivity (Wildman–Crippen MR) is 82.6 cm³/mol. The number of aliphatic hydroxyl groups excluding tert-OH is 1. The Balaban J connectivity index is 1.74. The minimum Gasteiger partial charge on any atom is -0.492 e. The highest BCUT2D eigenvalue weighted by Gasteiger charge is 2.40. The van der Waals surface area contributed by atoms with Crippen molar-refractivity contribution in [2.75, 3.05) is 32.8 Å². The van der Waals surface area contributed by atoms with Crippen molar-refractivity contribution in [3.05, 3.63) is 30.1 Å². The maximum Gasteiger partial charge on any atom is 0.216 e. The first-order chi connectivity index (χ1) is 10.9. The summed E-state index contributed by atoms with van der Waals surface area (Å²) >= 11 is 0. The molecule has 128 valence electrons. The molecule has 1 fully saturated rings. The average molecular weight is 326 g/mol. The number of piperidine rings is 1. The molecule has 2 atom stereocenters. The largest absolute Gasteiger partial charge is 0.492 e. The number of halogens is 1. The molecule has 6 nitrogen and oxygen atoms in total. The minimum atomic E-state index is -1.29. The van der Waals surface area contributed by atoms with Crippen molar-refractivity contribution in [2.24, 2.45) is 0 Å². The normalized spacial score (nSPS) is 25.1.